The molecule has 0 radical (unpaired) electrons. The molecule has 3 heterocycles. The number of likely N-dealkylation sites (N-methyl/N-ethyl adjacent to an activating group) is 4. The predicted molar refractivity (Wildman–Crippen MR) is 308 cm³/mol. The van der Waals surface area contributed by atoms with Gasteiger partial charge in [-0.25, -0.2) is 19.2 Å². The van der Waals surface area contributed by atoms with Crippen LogP contribution < -0.4 is 0 Å². The Morgan fingerprint density at radius 2 is 0.648 bits per heavy atom. The lowest BCUT2D eigenvalue weighted by atomic mass is 9.99. The van der Waals surface area contributed by atoms with Crippen LogP contribution in [0.5, 0.6) is 0 Å². The molecule has 0 bridgehead atoms. The van der Waals surface area contributed by atoms with Crippen LogP contribution in [0.15, 0.2) is 73.1 Å². The summed E-state index contributed by atoms with van der Waals surface area (Å²) in [6.45, 7) is 16.6. The summed E-state index contributed by atoms with van der Waals surface area (Å²) in [5, 5.41) is 7.21. The van der Waals surface area contributed by atoms with E-state index in [0.717, 1.165) is 41.1 Å². The van der Waals surface area contributed by atoms with Crippen LogP contribution in [-0.2, 0) is 95.6 Å². The molecule has 1 aliphatic heterocycles. The summed E-state index contributed by atoms with van der Waals surface area (Å²) in [4.78, 5) is 121. The van der Waals surface area contributed by atoms with Crippen LogP contribution in [0.25, 0.3) is 0 Å². The van der Waals surface area contributed by atoms with Gasteiger partial charge in [-0.2, -0.15) is 36.5 Å². The predicted octanol–water partition coefficient (Wildman–Crippen LogP) is 8.19. The topological polar surface area (TPSA) is 222 Å². The molecular formula is C62H82F6N8O12. The Balaban J connectivity index is 1.58. The fraction of sp³-hybridized carbons (Fsp3) is 0.581. The molecule has 1 fully saturated rings. The number of carbonyl (C=O) groups is 8. The van der Waals surface area contributed by atoms with E-state index < -0.39 is 120 Å². The minimum Gasteiger partial charge on any atom is -0.451 e. The maximum atomic E-state index is 15.0. The number of halogens is 6. The summed E-state index contributed by atoms with van der Waals surface area (Å²) in [5.74, 6) is -8.82. The van der Waals surface area contributed by atoms with Gasteiger partial charge in [-0.15, -0.1) is 0 Å². The molecule has 1 aliphatic rings. The molecule has 0 saturated carbocycles. The van der Waals surface area contributed by atoms with E-state index in [1.54, 1.807) is 104 Å². The fourth-order valence-electron chi connectivity index (χ4n) is 10.0. The zero-order valence-corrected chi connectivity index (χ0v) is 52.3. The van der Waals surface area contributed by atoms with Gasteiger partial charge in [-0.05, 0) is 97.6 Å². The second-order valence-electron chi connectivity index (χ2n) is 24.2. The summed E-state index contributed by atoms with van der Waals surface area (Å²) in [6, 6.07) is 8.69. The molecule has 8 atom stereocenters. The van der Waals surface area contributed by atoms with Gasteiger partial charge in [-0.1, -0.05) is 104 Å². The lowest BCUT2D eigenvalue weighted by Gasteiger charge is -2.35. The van der Waals surface area contributed by atoms with Crippen LogP contribution in [0.4, 0.5) is 26.3 Å². The Morgan fingerprint density at radius 1 is 0.398 bits per heavy atom. The van der Waals surface area contributed by atoms with Crippen molar-refractivity contribution in [2.24, 2.45) is 23.7 Å². The van der Waals surface area contributed by atoms with E-state index in [4.69, 9.17) is 18.9 Å². The van der Waals surface area contributed by atoms with Crippen molar-refractivity contribution in [3.8, 4) is 0 Å². The fourth-order valence-corrected chi connectivity index (χ4v) is 10.0. The lowest BCUT2D eigenvalue weighted by molar-refractivity contribution is -0.176. The minimum absolute atomic E-state index is 0.0272. The SMILES string of the molecule is CC(C)C[C@H]1C(=O)O[C@H](Cc2ccc(Cn3ccc(C(F)(F)F)n3)cc2)C(=O)N(C)[C@@H](CC(C)C)C(=O)O[C@H](C)C(=O)N(C)[C@@H](CC(C)C)C(=O)O[C@H](Cc2ccc(Cn3ccc(C(F)(F)F)n3)cc2)C(=O)N(C)[C@@H](CC(C)C)C(=O)O[C@H](C)C(=O)N1C. The molecule has 26 heteroatoms. The Labute approximate surface area is 509 Å². The first-order valence-electron chi connectivity index (χ1n) is 29.2. The van der Waals surface area contributed by atoms with Crippen molar-refractivity contribution in [2.45, 2.75) is 182 Å². The quantitative estimate of drug-likeness (QED) is 0.0586. The van der Waals surface area contributed by atoms with E-state index >= 15 is 0 Å². The Hall–Kier alpha value is -7.80. The molecule has 4 amide bonds. The zero-order chi connectivity index (χ0) is 65.9. The van der Waals surface area contributed by atoms with Gasteiger partial charge in [-0.3, -0.25) is 28.5 Å². The number of nitrogens with zero attached hydrogens (tertiary/aromatic N) is 8. The summed E-state index contributed by atoms with van der Waals surface area (Å²) >= 11 is 0. The maximum absolute atomic E-state index is 15.0. The number of alkyl halides is 6. The number of esters is 4. The molecular weight excluding hydrogens is 1160 g/mol. The molecule has 484 valence electrons. The third-order valence-electron chi connectivity index (χ3n) is 14.9. The molecule has 2 aromatic heterocycles. The monoisotopic (exact) mass is 1240 g/mol. The zero-order valence-electron chi connectivity index (χ0n) is 52.3. The molecule has 88 heavy (non-hydrogen) atoms. The molecule has 4 aromatic rings. The van der Waals surface area contributed by atoms with Crippen molar-refractivity contribution >= 4 is 47.5 Å². The van der Waals surface area contributed by atoms with Gasteiger partial charge in [0.1, 0.15) is 24.2 Å². The van der Waals surface area contributed by atoms with Crippen LogP contribution >= 0.6 is 0 Å². The Bertz CT molecular complexity index is 2830. The summed E-state index contributed by atoms with van der Waals surface area (Å²) in [6.07, 6.45) is -14.3. The van der Waals surface area contributed by atoms with Gasteiger partial charge in [0.15, 0.2) is 35.8 Å². The number of hydrogen-bond donors (Lipinski definition) is 0. The molecule has 0 unspecified atom stereocenters. The molecule has 1 saturated heterocycles. The Morgan fingerprint density at radius 3 is 0.898 bits per heavy atom. The normalized spacial score (nSPS) is 22.6. The number of ether oxygens (including phenoxy) is 4. The third-order valence-corrected chi connectivity index (χ3v) is 14.9. The first kappa shape index (κ1) is 71.0. The smallest absolute Gasteiger partial charge is 0.435 e. The van der Waals surface area contributed by atoms with Crippen LogP contribution in [0.3, 0.4) is 0 Å². The van der Waals surface area contributed by atoms with Crippen molar-refractivity contribution in [3.05, 3.63) is 107 Å². The number of hydrogen-bond acceptors (Lipinski definition) is 14. The van der Waals surface area contributed by atoms with Crippen LogP contribution in [-0.4, -0.2) is 163 Å². The number of benzene rings is 2. The molecule has 0 N–H and O–H groups in total. The van der Waals surface area contributed by atoms with Crippen molar-refractivity contribution in [3.63, 3.8) is 0 Å². The Kier molecular flexibility index (Phi) is 24.5. The first-order chi connectivity index (χ1) is 40.9. The van der Waals surface area contributed by atoms with E-state index in [9.17, 15) is 64.7 Å². The lowest BCUT2D eigenvalue weighted by Crippen LogP contribution is -2.55. The van der Waals surface area contributed by atoms with Gasteiger partial charge < -0.3 is 38.5 Å². The molecule has 20 nitrogen and oxygen atoms in total. The van der Waals surface area contributed by atoms with Crippen LogP contribution in [0.1, 0.15) is 129 Å². The molecule has 5 rings (SSSR count). The highest BCUT2D eigenvalue weighted by Crippen LogP contribution is 2.30. The van der Waals surface area contributed by atoms with E-state index in [0.29, 0.717) is 22.3 Å². The maximum Gasteiger partial charge on any atom is 0.435 e. The van der Waals surface area contributed by atoms with Gasteiger partial charge >= 0.3 is 36.2 Å². The average Bonchev–Trinajstić information content (AvgIpc) is 4.06. The highest BCUT2D eigenvalue weighted by Gasteiger charge is 2.43. The molecule has 2 aromatic carbocycles. The van der Waals surface area contributed by atoms with Crippen LogP contribution in [0.2, 0.25) is 0 Å². The summed E-state index contributed by atoms with van der Waals surface area (Å²) in [5.41, 5.74) is -0.264. The van der Waals surface area contributed by atoms with Crippen molar-refractivity contribution < 1.29 is 83.6 Å². The molecule has 0 spiro atoms. The summed E-state index contributed by atoms with van der Waals surface area (Å²) < 4.78 is 106. The number of amides is 4. The van der Waals surface area contributed by atoms with Crippen LogP contribution in [0, 0.1) is 23.7 Å². The number of aromatic nitrogens is 4. The second kappa shape index (κ2) is 30.4. The van der Waals surface area contributed by atoms with Crippen molar-refractivity contribution in [1.82, 2.24) is 39.2 Å². The van der Waals surface area contributed by atoms with Gasteiger partial charge in [0.05, 0.1) is 13.1 Å². The van der Waals surface area contributed by atoms with Gasteiger partial charge in [0.2, 0.25) is 0 Å². The molecule has 0 aliphatic carbocycles. The van der Waals surface area contributed by atoms with E-state index in [2.05, 4.69) is 10.2 Å². The number of cyclic esters (lactones) is 4. The third kappa shape index (κ3) is 19.6. The highest BCUT2D eigenvalue weighted by molar-refractivity contribution is 5.94. The van der Waals surface area contributed by atoms with E-state index in [1.165, 1.54) is 54.4 Å². The number of rotatable bonds is 16. The van der Waals surface area contributed by atoms with E-state index in [1.807, 2.05) is 0 Å². The van der Waals surface area contributed by atoms with E-state index in [-0.39, 0.29) is 75.3 Å². The largest absolute Gasteiger partial charge is 0.451 e. The summed E-state index contributed by atoms with van der Waals surface area (Å²) in [7, 11) is 5.17. The standard InChI is InChI=1S/C62H82F6N8O12/c1-35(2)27-45-57(81)85-39(9)53(77)71(11)48(30-38(7)8)60(84)88-50(32-42-17-21-44(22-18-42)34-76-26-24-52(70-76)62(66,67)68)56(80)74(14)46(28-36(3)4)58(82)86-40(10)54(78)72(12)47(29-37(5)6)59(83)87-49(55(79)73(45)13)31-41-15-19-43(20-16-41)33-75-25-23-51(69-75)61(63,64)65/h15-26,35-40,45-50H,27-34H2,1-14H3/t39-,40-,45+,46+,47+,48+,49-,50-/m1/s1. The first-order valence-corrected chi connectivity index (χ1v) is 29.2. The van der Waals surface area contributed by atoms with Crippen molar-refractivity contribution in [1.29, 1.82) is 0 Å². The highest BCUT2D eigenvalue weighted by atomic mass is 19.4. The van der Waals surface area contributed by atoms with Gasteiger partial charge in [0, 0.05) is 53.4 Å². The second-order valence-corrected chi connectivity index (χ2v) is 24.2. The average molecular weight is 1250 g/mol. The minimum atomic E-state index is -4.66. The van der Waals surface area contributed by atoms with Crippen molar-refractivity contribution in [2.75, 3.05) is 28.2 Å². The van der Waals surface area contributed by atoms with Gasteiger partial charge in [0.25, 0.3) is 23.6 Å². The number of carbonyl (C=O) groups excluding carboxylic acids is 8.